The van der Waals surface area contributed by atoms with Crippen LogP contribution < -0.4 is 10.2 Å². The summed E-state index contributed by atoms with van der Waals surface area (Å²) in [7, 11) is 0. The van der Waals surface area contributed by atoms with Gasteiger partial charge in [-0.2, -0.15) is 0 Å². The van der Waals surface area contributed by atoms with Crippen molar-refractivity contribution in [1.82, 2.24) is 4.98 Å². The number of rotatable bonds is 5. The first-order chi connectivity index (χ1) is 10.0. The van der Waals surface area contributed by atoms with Crippen molar-refractivity contribution in [2.45, 2.75) is 46.1 Å². The summed E-state index contributed by atoms with van der Waals surface area (Å²) < 4.78 is 0. The summed E-state index contributed by atoms with van der Waals surface area (Å²) in [5.74, 6) is 1.73. The molecule has 1 saturated heterocycles. The summed E-state index contributed by atoms with van der Waals surface area (Å²) >= 11 is 0. The van der Waals surface area contributed by atoms with Crippen molar-refractivity contribution in [3.05, 3.63) is 22.2 Å². The van der Waals surface area contributed by atoms with E-state index in [-0.39, 0.29) is 16.7 Å². The quantitative estimate of drug-likeness (QED) is 0.665. The van der Waals surface area contributed by atoms with Gasteiger partial charge >= 0.3 is 5.69 Å². The van der Waals surface area contributed by atoms with Gasteiger partial charge in [0.25, 0.3) is 0 Å². The van der Waals surface area contributed by atoms with Gasteiger partial charge in [-0.25, -0.2) is 4.98 Å². The van der Waals surface area contributed by atoms with Crippen LogP contribution in [0, 0.1) is 16.0 Å². The Morgan fingerprint density at radius 3 is 2.90 bits per heavy atom. The zero-order valence-corrected chi connectivity index (χ0v) is 13.0. The van der Waals surface area contributed by atoms with Crippen molar-refractivity contribution in [3.63, 3.8) is 0 Å². The monoisotopic (exact) mass is 292 g/mol. The minimum Gasteiger partial charge on any atom is -0.370 e. The van der Waals surface area contributed by atoms with E-state index in [2.05, 4.69) is 36.0 Å². The Labute approximate surface area is 125 Å². The third-order valence-corrected chi connectivity index (χ3v) is 4.25. The molecule has 1 aromatic heterocycles. The highest BCUT2D eigenvalue weighted by Crippen LogP contribution is 2.34. The Bertz CT molecular complexity index is 506. The first kappa shape index (κ1) is 15.5. The Kier molecular flexibility index (Phi) is 4.98. The highest BCUT2D eigenvalue weighted by Gasteiger charge is 2.30. The molecule has 2 heterocycles. The predicted octanol–water partition coefficient (Wildman–Crippen LogP) is 3.44. The van der Waals surface area contributed by atoms with E-state index in [0.29, 0.717) is 17.6 Å². The van der Waals surface area contributed by atoms with Gasteiger partial charge in [-0.1, -0.05) is 13.8 Å². The molecule has 1 N–H and O–H groups in total. The van der Waals surface area contributed by atoms with E-state index in [9.17, 15) is 10.1 Å². The van der Waals surface area contributed by atoms with Crippen LogP contribution in [-0.4, -0.2) is 29.0 Å². The lowest BCUT2D eigenvalue weighted by atomic mass is 9.92. The first-order valence-corrected chi connectivity index (χ1v) is 7.70. The molecule has 1 aliphatic rings. The van der Waals surface area contributed by atoms with Gasteiger partial charge in [-0.05, 0) is 38.2 Å². The Hall–Kier alpha value is -1.85. The lowest BCUT2D eigenvalue weighted by Crippen LogP contribution is -2.43. The van der Waals surface area contributed by atoms with E-state index in [0.717, 1.165) is 25.9 Å². The lowest BCUT2D eigenvalue weighted by molar-refractivity contribution is -0.384. The van der Waals surface area contributed by atoms with Crippen LogP contribution in [-0.2, 0) is 0 Å². The molecule has 0 saturated carbocycles. The van der Waals surface area contributed by atoms with Crippen molar-refractivity contribution in [2.24, 2.45) is 5.92 Å². The van der Waals surface area contributed by atoms with Crippen LogP contribution in [0.1, 0.15) is 40.0 Å². The summed E-state index contributed by atoms with van der Waals surface area (Å²) in [4.78, 5) is 17.6. The van der Waals surface area contributed by atoms with Gasteiger partial charge in [0.1, 0.15) is 5.82 Å². The van der Waals surface area contributed by atoms with Crippen LogP contribution in [0.25, 0.3) is 0 Å². The largest absolute Gasteiger partial charge is 0.370 e. The lowest BCUT2D eigenvalue weighted by Gasteiger charge is -2.38. The van der Waals surface area contributed by atoms with E-state index >= 15 is 0 Å². The summed E-state index contributed by atoms with van der Waals surface area (Å²) in [6, 6.07) is 3.52. The van der Waals surface area contributed by atoms with Gasteiger partial charge < -0.3 is 10.2 Å². The minimum absolute atomic E-state index is 0.0954. The maximum absolute atomic E-state index is 11.3. The first-order valence-electron chi connectivity index (χ1n) is 7.70. The fourth-order valence-electron chi connectivity index (χ4n) is 2.78. The fourth-order valence-corrected chi connectivity index (χ4v) is 2.78. The van der Waals surface area contributed by atoms with E-state index < -0.39 is 0 Å². The number of aromatic nitrogens is 1. The molecule has 1 fully saturated rings. The van der Waals surface area contributed by atoms with Gasteiger partial charge in [0.15, 0.2) is 0 Å². The van der Waals surface area contributed by atoms with Gasteiger partial charge in [-0.15, -0.1) is 0 Å². The Morgan fingerprint density at radius 2 is 2.24 bits per heavy atom. The molecule has 1 aromatic rings. The van der Waals surface area contributed by atoms with E-state index in [1.165, 1.54) is 6.42 Å². The molecule has 116 valence electrons. The molecule has 0 spiro atoms. The molecular weight excluding hydrogens is 268 g/mol. The van der Waals surface area contributed by atoms with Crippen molar-refractivity contribution >= 4 is 17.3 Å². The van der Waals surface area contributed by atoms with Gasteiger partial charge in [0, 0.05) is 25.2 Å². The molecule has 6 nitrogen and oxygen atoms in total. The highest BCUT2D eigenvalue weighted by atomic mass is 16.6. The molecule has 2 rings (SSSR count). The minimum atomic E-state index is -0.335. The molecule has 1 aliphatic heterocycles. The van der Waals surface area contributed by atoms with Crippen LogP contribution in [0.3, 0.4) is 0 Å². The SMILES string of the molecule is CCCNc1ccc([N+](=O)[O-])c(N2CCCC(C)C2C)n1. The van der Waals surface area contributed by atoms with Gasteiger partial charge in [-0.3, -0.25) is 10.1 Å². The Morgan fingerprint density at radius 1 is 1.48 bits per heavy atom. The smallest absolute Gasteiger partial charge is 0.311 e. The molecule has 0 bridgehead atoms. The number of pyridine rings is 1. The molecular formula is C15H24N4O2. The second kappa shape index (κ2) is 6.74. The number of nitrogens with one attached hydrogen (secondary N) is 1. The molecule has 0 aliphatic carbocycles. The number of nitrogens with zero attached hydrogens (tertiary/aromatic N) is 3. The molecule has 0 amide bonds. The topological polar surface area (TPSA) is 71.3 Å². The van der Waals surface area contributed by atoms with Crippen molar-refractivity contribution in [1.29, 1.82) is 0 Å². The summed E-state index contributed by atoms with van der Waals surface area (Å²) in [6.07, 6.45) is 3.21. The summed E-state index contributed by atoms with van der Waals surface area (Å²) in [5, 5.41) is 14.5. The third kappa shape index (κ3) is 3.43. The van der Waals surface area contributed by atoms with Crippen LogP contribution in [0.15, 0.2) is 12.1 Å². The second-order valence-corrected chi connectivity index (χ2v) is 5.78. The van der Waals surface area contributed by atoms with Crippen LogP contribution in [0.2, 0.25) is 0 Å². The van der Waals surface area contributed by atoms with Crippen LogP contribution in [0.4, 0.5) is 17.3 Å². The molecule has 6 heteroatoms. The highest BCUT2D eigenvalue weighted by molar-refractivity contribution is 5.62. The molecule has 2 atom stereocenters. The van der Waals surface area contributed by atoms with E-state index in [1.807, 2.05) is 0 Å². The number of nitro groups is 1. The van der Waals surface area contributed by atoms with E-state index in [4.69, 9.17) is 0 Å². The average Bonchev–Trinajstić information content (AvgIpc) is 2.47. The average molecular weight is 292 g/mol. The molecule has 2 unspecified atom stereocenters. The van der Waals surface area contributed by atoms with Gasteiger partial charge in [0.2, 0.25) is 5.82 Å². The molecule has 0 radical (unpaired) electrons. The zero-order valence-electron chi connectivity index (χ0n) is 13.0. The molecule has 0 aromatic carbocycles. The zero-order chi connectivity index (χ0) is 15.4. The second-order valence-electron chi connectivity index (χ2n) is 5.78. The van der Waals surface area contributed by atoms with Crippen molar-refractivity contribution in [3.8, 4) is 0 Å². The summed E-state index contributed by atoms with van der Waals surface area (Å²) in [6.45, 7) is 8.05. The van der Waals surface area contributed by atoms with Crippen molar-refractivity contribution < 1.29 is 4.92 Å². The number of hydrogen-bond acceptors (Lipinski definition) is 5. The maximum atomic E-state index is 11.3. The fraction of sp³-hybridized carbons (Fsp3) is 0.667. The summed E-state index contributed by atoms with van der Waals surface area (Å²) in [5.41, 5.74) is 0.0954. The third-order valence-electron chi connectivity index (χ3n) is 4.25. The van der Waals surface area contributed by atoms with Crippen molar-refractivity contribution in [2.75, 3.05) is 23.3 Å². The van der Waals surface area contributed by atoms with E-state index in [1.54, 1.807) is 12.1 Å². The predicted molar refractivity (Wildman–Crippen MR) is 84.9 cm³/mol. The molecule has 21 heavy (non-hydrogen) atoms. The van der Waals surface area contributed by atoms with Crippen LogP contribution in [0.5, 0.6) is 0 Å². The number of anilines is 2. The standard InChI is InChI=1S/C15H24N4O2/c1-4-9-16-14-8-7-13(19(20)21)15(17-14)18-10-5-6-11(2)12(18)3/h7-8,11-12H,4-6,9-10H2,1-3H3,(H,16,17). The Balaban J connectivity index is 2.35. The maximum Gasteiger partial charge on any atom is 0.311 e. The number of hydrogen-bond donors (Lipinski definition) is 1. The normalized spacial score (nSPS) is 22.1. The number of piperidine rings is 1. The van der Waals surface area contributed by atoms with Gasteiger partial charge in [0.05, 0.1) is 4.92 Å². The van der Waals surface area contributed by atoms with Crippen LogP contribution >= 0.6 is 0 Å².